The zero-order valence-electron chi connectivity index (χ0n) is 14.7. The first-order chi connectivity index (χ1) is 11.1. The topological polar surface area (TPSA) is 33.1 Å². The molecule has 5 heteroatoms. The van der Waals surface area contributed by atoms with Gasteiger partial charge in [-0.25, -0.2) is 0 Å². The quantitative estimate of drug-likeness (QED) is 0.891. The van der Waals surface area contributed by atoms with Gasteiger partial charge in [0.1, 0.15) is 5.15 Å². The molecule has 2 fully saturated rings. The molecular weight excluding hydrogens is 308 g/mol. The molecule has 4 nitrogen and oxygen atoms in total. The van der Waals surface area contributed by atoms with Crippen molar-refractivity contribution in [1.82, 2.24) is 20.0 Å². The average molecular weight is 339 g/mol. The summed E-state index contributed by atoms with van der Waals surface area (Å²) in [4.78, 5) is 2.69. The molecule has 130 valence electrons. The highest BCUT2D eigenvalue weighted by Gasteiger charge is 2.23. The van der Waals surface area contributed by atoms with Crippen molar-refractivity contribution >= 4 is 11.6 Å². The second-order valence-electron chi connectivity index (χ2n) is 7.46. The Morgan fingerprint density at radius 1 is 1.17 bits per heavy atom. The van der Waals surface area contributed by atoms with E-state index in [9.17, 15) is 0 Å². The molecule has 1 aromatic heterocycles. The Balaban J connectivity index is 1.48. The van der Waals surface area contributed by atoms with Gasteiger partial charge in [0.15, 0.2) is 0 Å². The van der Waals surface area contributed by atoms with E-state index in [1.54, 1.807) is 4.68 Å². The van der Waals surface area contributed by atoms with Gasteiger partial charge in [-0.05, 0) is 45.1 Å². The van der Waals surface area contributed by atoms with Crippen LogP contribution in [0, 0.1) is 12.8 Å². The highest BCUT2D eigenvalue weighted by molar-refractivity contribution is 6.30. The first-order valence-electron chi connectivity index (χ1n) is 9.27. The van der Waals surface area contributed by atoms with Gasteiger partial charge < -0.3 is 10.2 Å². The Morgan fingerprint density at radius 3 is 2.65 bits per heavy atom. The molecule has 1 atom stereocenters. The van der Waals surface area contributed by atoms with Crippen LogP contribution in [0.3, 0.4) is 0 Å². The molecule has 1 saturated heterocycles. The monoisotopic (exact) mass is 338 g/mol. The van der Waals surface area contributed by atoms with Crippen LogP contribution in [0.25, 0.3) is 0 Å². The predicted octanol–water partition coefficient (Wildman–Crippen LogP) is 3.52. The molecule has 2 heterocycles. The Labute approximate surface area is 145 Å². The van der Waals surface area contributed by atoms with Crippen LogP contribution in [0.4, 0.5) is 0 Å². The van der Waals surface area contributed by atoms with Crippen molar-refractivity contribution in [2.45, 2.75) is 64.5 Å². The molecule has 1 saturated carbocycles. The Morgan fingerprint density at radius 2 is 1.96 bits per heavy atom. The van der Waals surface area contributed by atoms with Crippen LogP contribution in [0.2, 0.25) is 5.15 Å². The minimum atomic E-state index is 0.586. The minimum Gasteiger partial charge on any atom is -0.308 e. The second-order valence-corrected chi connectivity index (χ2v) is 7.82. The minimum absolute atomic E-state index is 0.586. The number of aromatic nitrogens is 2. The fraction of sp³-hybridized carbons (Fsp3) is 0.833. The van der Waals surface area contributed by atoms with Crippen LogP contribution in [-0.4, -0.2) is 40.4 Å². The van der Waals surface area contributed by atoms with Gasteiger partial charge in [0.05, 0.1) is 5.69 Å². The molecule has 1 aliphatic carbocycles. The summed E-state index contributed by atoms with van der Waals surface area (Å²) in [6, 6.07) is 0.586. The fourth-order valence-electron chi connectivity index (χ4n) is 4.24. The zero-order chi connectivity index (χ0) is 16.2. The molecule has 1 aromatic rings. The predicted molar refractivity (Wildman–Crippen MR) is 95.8 cm³/mol. The smallest absolute Gasteiger partial charge is 0.131 e. The van der Waals surface area contributed by atoms with Crippen molar-refractivity contribution in [2.24, 2.45) is 13.0 Å². The molecular formula is C18H31ClN4. The lowest BCUT2D eigenvalue weighted by Crippen LogP contribution is -2.47. The molecule has 1 aliphatic heterocycles. The molecule has 3 rings (SSSR count). The number of aryl methyl sites for hydroxylation is 2. The number of likely N-dealkylation sites (tertiary alicyclic amines) is 1. The number of halogens is 1. The molecule has 0 amide bonds. The van der Waals surface area contributed by atoms with Crippen LogP contribution in [0.15, 0.2) is 0 Å². The van der Waals surface area contributed by atoms with E-state index >= 15 is 0 Å². The third kappa shape index (κ3) is 4.49. The van der Waals surface area contributed by atoms with E-state index in [-0.39, 0.29) is 0 Å². The highest BCUT2D eigenvalue weighted by atomic mass is 35.5. The Bertz CT molecular complexity index is 507. The summed E-state index contributed by atoms with van der Waals surface area (Å²) in [5.74, 6) is 0.942. The molecule has 0 bridgehead atoms. The van der Waals surface area contributed by atoms with Crippen molar-refractivity contribution in [3.8, 4) is 0 Å². The van der Waals surface area contributed by atoms with Crippen molar-refractivity contribution in [1.29, 1.82) is 0 Å². The maximum absolute atomic E-state index is 6.34. The zero-order valence-corrected chi connectivity index (χ0v) is 15.4. The highest BCUT2D eigenvalue weighted by Crippen LogP contribution is 2.25. The first-order valence-corrected chi connectivity index (χ1v) is 9.65. The second kappa shape index (κ2) is 8.00. The molecule has 1 N–H and O–H groups in total. The maximum Gasteiger partial charge on any atom is 0.131 e. The summed E-state index contributed by atoms with van der Waals surface area (Å²) in [5.41, 5.74) is 2.19. The lowest BCUT2D eigenvalue weighted by Gasteiger charge is -2.36. The molecule has 2 aliphatic rings. The van der Waals surface area contributed by atoms with E-state index in [1.165, 1.54) is 64.6 Å². The van der Waals surface area contributed by atoms with Crippen LogP contribution < -0.4 is 5.32 Å². The summed E-state index contributed by atoms with van der Waals surface area (Å²) >= 11 is 6.34. The number of rotatable bonds is 5. The van der Waals surface area contributed by atoms with Gasteiger partial charge in [-0.2, -0.15) is 5.10 Å². The largest absolute Gasteiger partial charge is 0.308 e. The van der Waals surface area contributed by atoms with Gasteiger partial charge >= 0.3 is 0 Å². The van der Waals surface area contributed by atoms with E-state index in [1.807, 2.05) is 14.0 Å². The summed E-state index contributed by atoms with van der Waals surface area (Å²) in [7, 11) is 1.91. The van der Waals surface area contributed by atoms with Crippen molar-refractivity contribution in [3.63, 3.8) is 0 Å². The van der Waals surface area contributed by atoms with Crippen LogP contribution in [0.1, 0.15) is 56.2 Å². The SMILES string of the molecule is Cc1nn(C)c(Cl)c1CN[C@@H]1CCCN(CC2CCCCC2)C1. The summed E-state index contributed by atoms with van der Waals surface area (Å²) in [5, 5.41) is 8.89. The molecule has 23 heavy (non-hydrogen) atoms. The summed E-state index contributed by atoms with van der Waals surface area (Å²) < 4.78 is 1.77. The van der Waals surface area contributed by atoms with Gasteiger partial charge in [0, 0.05) is 38.3 Å². The molecule has 0 unspecified atom stereocenters. The van der Waals surface area contributed by atoms with Crippen LogP contribution >= 0.6 is 11.6 Å². The van der Waals surface area contributed by atoms with Crippen molar-refractivity contribution in [2.75, 3.05) is 19.6 Å². The Hall–Kier alpha value is -0.580. The summed E-state index contributed by atoms with van der Waals surface area (Å²) in [6.07, 6.45) is 9.81. The number of nitrogens with one attached hydrogen (secondary N) is 1. The first kappa shape index (κ1) is 17.2. The van der Waals surface area contributed by atoms with E-state index in [0.29, 0.717) is 6.04 Å². The van der Waals surface area contributed by atoms with Crippen molar-refractivity contribution in [3.05, 3.63) is 16.4 Å². The molecule has 0 aromatic carbocycles. The van der Waals surface area contributed by atoms with E-state index in [2.05, 4.69) is 15.3 Å². The molecule has 0 spiro atoms. The number of hydrogen-bond acceptors (Lipinski definition) is 3. The standard InChI is InChI=1S/C18H31ClN4/c1-14-17(18(19)22(2)21-14)11-20-16-9-6-10-23(13-16)12-15-7-4-3-5-8-15/h15-16,20H,3-13H2,1-2H3/t16-/m1/s1. The number of hydrogen-bond donors (Lipinski definition) is 1. The molecule has 0 radical (unpaired) electrons. The van der Waals surface area contributed by atoms with E-state index in [4.69, 9.17) is 11.6 Å². The van der Waals surface area contributed by atoms with Crippen molar-refractivity contribution < 1.29 is 0 Å². The Kier molecular flexibility index (Phi) is 6.00. The van der Waals surface area contributed by atoms with Gasteiger partial charge in [-0.1, -0.05) is 30.9 Å². The summed E-state index contributed by atoms with van der Waals surface area (Å²) in [6.45, 7) is 6.65. The number of nitrogens with zero attached hydrogens (tertiary/aromatic N) is 3. The average Bonchev–Trinajstić information content (AvgIpc) is 2.79. The van der Waals surface area contributed by atoms with Gasteiger partial charge in [0.25, 0.3) is 0 Å². The van der Waals surface area contributed by atoms with Crippen LogP contribution in [-0.2, 0) is 13.6 Å². The fourth-order valence-corrected chi connectivity index (χ4v) is 4.49. The lowest BCUT2D eigenvalue weighted by atomic mass is 9.88. The maximum atomic E-state index is 6.34. The van der Waals surface area contributed by atoms with Gasteiger partial charge in [-0.3, -0.25) is 4.68 Å². The lowest BCUT2D eigenvalue weighted by molar-refractivity contribution is 0.149. The van der Waals surface area contributed by atoms with Gasteiger partial charge in [-0.15, -0.1) is 0 Å². The third-order valence-electron chi connectivity index (χ3n) is 5.58. The van der Waals surface area contributed by atoms with E-state index < -0.39 is 0 Å². The number of piperidine rings is 1. The normalized spacial score (nSPS) is 24.2. The van der Waals surface area contributed by atoms with Crippen LogP contribution in [0.5, 0.6) is 0 Å². The van der Waals surface area contributed by atoms with Gasteiger partial charge in [0.2, 0.25) is 0 Å². The van der Waals surface area contributed by atoms with E-state index in [0.717, 1.165) is 28.9 Å². The third-order valence-corrected chi connectivity index (χ3v) is 6.06.